The minimum atomic E-state index is -3.61. The van der Waals surface area contributed by atoms with E-state index >= 15 is 0 Å². The maximum absolute atomic E-state index is 12.9. The predicted octanol–water partition coefficient (Wildman–Crippen LogP) is 4.83. The summed E-state index contributed by atoms with van der Waals surface area (Å²) in [5.74, 6) is -0.755. The Labute approximate surface area is 167 Å². The highest BCUT2D eigenvalue weighted by molar-refractivity contribution is 7.89. The zero-order valence-corrected chi connectivity index (χ0v) is 17.1. The molecule has 1 unspecified atom stereocenters. The molecule has 0 amide bonds. The summed E-state index contributed by atoms with van der Waals surface area (Å²) in [4.78, 5) is 10.9. The molecule has 28 heavy (non-hydrogen) atoms. The zero-order valence-electron chi connectivity index (χ0n) is 16.3. The number of hydrogen-bond donors (Lipinski definition) is 2. The number of carboxylic acids is 1. The quantitative estimate of drug-likeness (QED) is 0.497. The van der Waals surface area contributed by atoms with Crippen LogP contribution in [0, 0.1) is 6.92 Å². The van der Waals surface area contributed by atoms with Gasteiger partial charge in [0.1, 0.15) is 0 Å². The Kier molecular flexibility index (Phi) is 8.67. The fourth-order valence-electron chi connectivity index (χ4n) is 3.24. The van der Waals surface area contributed by atoms with Crippen molar-refractivity contribution < 1.29 is 18.3 Å². The molecule has 0 saturated heterocycles. The number of nitrogens with one attached hydrogen (secondary N) is 1. The highest BCUT2D eigenvalue weighted by atomic mass is 32.2. The summed E-state index contributed by atoms with van der Waals surface area (Å²) in [5, 5.41) is 8.67. The van der Waals surface area contributed by atoms with Gasteiger partial charge in [-0.3, -0.25) is 4.79 Å². The number of sulfonamides is 1. The Hall–Kier alpha value is -2.18. The molecule has 0 aliphatic heterocycles. The summed E-state index contributed by atoms with van der Waals surface area (Å²) in [6.07, 6.45) is 5.28. The van der Waals surface area contributed by atoms with Crippen LogP contribution < -0.4 is 4.72 Å². The largest absolute Gasteiger partial charge is 0.481 e. The lowest BCUT2D eigenvalue weighted by Crippen LogP contribution is -2.29. The Balaban J connectivity index is 1.99. The molecule has 2 N–H and O–H groups in total. The van der Waals surface area contributed by atoms with Gasteiger partial charge in [0.05, 0.1) is 4.90 Å². The first-order valence-electron chi connectivity index (χ1n) is 9.75. The van der Waals surface area contributed by atoms with Crippen molar-refractivity contribution in [1.29, 1.82) is 0 Å². The molecule has 0 spiro atoms. The number of aliphatic carboxylic acids is 1. The normalized spacial score (nSPS) is 12.6. The molecule has 2 aromatic rings. The molecule has 0 aliphatic rings. The van der Waals surface area contributed by atoms with E-state index in [-0.39, 0.29) is 12.5 Å². The monoisotopic (exact) mass is 403 g/mol. The summed E-state index contributed by atoms with van der Waals surface area (Å²) in [6, 6.07) is 16.3. The standard InChI is InChI=1S/C22H29NO4S/c1-18-12-10-11-16-21(18)28(26,27)23-20(19-13-6-5-7-14-19)15-8-3-2-4-9-17-22(24)25/h5-7,10-14,16,20,23H,2-4,8-9,15,17H2,1H3,(H,24,25). The first-order valence-corrected chi connectivity index (χ1v) is 11.2. The lowest BCUT2D eigenvalue weighted by Gasteiger charge is -2.20. The average molecular weight is 404 g/mol. The molecule has 1 atom stereocenters. The molecule has 0 radical (unpaired) electrons. The van der Waals surface area contributed by atoms with Gasteiger partial charge in [0, 0.05) is 12.5 Å². The molecule has 2 aromatic carbocycles. The van der Waals surface area contributed by atoms with E-state index in [2.05, 4.69) is 4.72 Å². The highest BCUT2D eigenvalue weighted by Gasteiger charge is 2.22. The van der Waals surface area contributed by atoms with Gasteiger partial charge in [-0.05, 0) is 37.0 Å². The molecular formula is C22H29NO4S. The van der Waals surface area contributed by atoms with Crippen LogP contribution >= 0.6 is 0 Å². The third-order valence-electron chi connectivity index (χ3n) is 4.77. The van der Waals surface area contributed by atoms with Gasteiger partial charge >= 0.3 is 5.97 Å². The summed E-state index contributed by atoms with van der Waals surface area (Å²) in [5.41, 5.74) is 1.67. The molecular weight excluding hydrogens is 374 g/mol. The first kappa shape index (κ1) is 22.1. The molecule has 2 rings (SSSR count). The average Bonchev–Trinajstić information content (AvgIpc) is 2.67. The Morgan fingerprint density at radius 1 is 0.929 bits per heavy atom. The predicted molar refractivity (Wildman–Crippen MR) is 111 cm³/mol. The third kappa shape index (κ3) is 7.09. The summed E-state index contributed by atoms with van der Waals surface area (Å²) in [7, 11) is -3.61. The van der Waals surface area contributed by atoms with Crippen LogP contribution in [0.25, 0.3) is 0 Å². The van der Waals surface area contributed by atoms with Crippen LogP contribution in [0.4, 0.5) is 0 Å². The highest BCUT2D eigenvalue weighted by Crippen LogP contribution is 2.24. The van der Waals surface area contributed by atoms with E-state index in [1.807, 2.05) is 36.4 Å². The number of carbonyl (C=O) groups is 1. The molecule has 0 saturated carbocycles. The summed E-state index contributed by atoms with van der Waals surface area (Å²) < 4.78 is 28.7. The summed E-state index contributed by atoms with van der Waals surface area (Å²) >= 11 is 0. The van der Waals surface area contributed by atoms with Crippen molar-refractivity contribution in [1.82, 2.24) is 4.72 Å². The van der Waals surface area contributed by atoms with E-state index in [0.717, 1.165) is 36.8 Å². The molecule has 0 bridgehead atoms. The van der Waals surface area contributed by atoms with Crippen LogP contribution in [-0.2, 0) is 14.8 Å². The number of unbranched alkanes of at least 4 members (excludes halogenated alkanes) is 4. The van der Waals surface area contributed by atoms with E-state index < -0.39 is 16.0 Å². The van der Waals surface area contributed by atoms with Gasteiger partial charge in [-0.25, -0.2) is 13.1 Å². The minimum Gasteiger partial charge on any atom is -0.481 e. The lowest BCUT2D eigenvalue weighted by molar-refractivity contribution is -0.137. The first-order chi connectivity index (χ1) is 13.4. The molecule has 0 heterocycles. The molecule has 5 nitrogen and oxygen atoms in total. The smallest absolute Gasteiger partial charge is 0.303 e. The van der Waals surface area contributed by atoms with Gasteiger partial charge in [-0.2, -0.15) is 0 Å². The Bertz CT molecular complexity index is 850. The van der Waals surface area contributed by atoms with Crippen LogP contribution in [-0.4, -0.2) is 19.5 Å². The number of aryl methyl sites for hydroxylation is 1. The zero-order chi connectivity index (χ0) is 20.4. The second-order valence-electron chi connectivity index (χ2n) is 7.05. The van der Waals surface area contributed by atoms with Crippen molar-refractivity contribution in [2.24, 2.45) is 0 Å². The Morgan fingerprint density at radius 3 is 2.21 bits per heavy atom. The topological polar surface area (TPSA) is 83.5 Å². The van der Waals surface area contributed by atoms with Crippen LogP contribution in [0.15, 0.2) is 59.5 Å². The van der Waals surface area contributed by atoms with Gasteiger partial charge in [-0.1, -0.05) is 74.2 Å². The van der Waals surface area contributed by atoms with Crippen molar-refractivity contribution in [2.75, 3.05) is 0 Å². The van der Waals surface area contributed by atoms with E-state index in [1.54, 1.807) is 25.1 Å². The maximum Gasteiger partial charge on any atom is 0.303 e. The number of carboxylic acid groups (broad SMARTS) is 1. The summed E-state index contributed by atoms with van der Waals surface area (Å²) in [6.45, 7) is 1.79. The van der Waals surface area contributed by atoms with Crippen molar-refractivity contribution >= 4 is 16.0 Å². The van der Waals surface area contributed by atoms with Crippen molar-refractivity contribution in [2.45, 2.75) is 62.8 Å². The van der Waals surface area contributed by atoms with Crippen LogP contribution in [0.2, 0.25) is 0 Å². The van der Waals surface area contributed by atoms with Crippen LogP contribution in [0.3, 0.4) is 0 Å². The maximum atomic E-state index is 12.9. The fourth-order valence-corrected chi connectivity index (χ4v) is 4.75. The second-order valence-corrected chi connectivity index (χ2v) is 8.73. The van der Waals surface area contributed by atoms with Gasteiger partial charge in [-0.15, -0.1) is 0 Å². The van der Waals surface area contributed by atoms with Crippen LogP contribution in [0.1, 0.15) is 62.1 Å². The van der Waals surface area contributed by atoms with Gasteiger partial charge < -0.3 is 5.11 Å². The van der Waals surface area contributed by atoms with E-state index in [9.17, 15) is 13.2 Å². The van der Waals surface area contributed by atoms with Gasteiger partial charge in [0.2, 0.25) is 10.0 Å². The second kappa shape index (κ2) is 11.0. The van der Waals surface area contributed by atoms with E-state index in [1.165, 1.54) is 0 Å². The van der Waals surface area contributed by atoms with E-state index in [0.29, 0.717) is 17.7 Å². The number of benzene rings is 2. The molecule has 6 heteroatoms. The molecule has 0 aromatic heterocycles. The van der Waals surface area contributed by atoms with Crippen LogP contribution in [0.5, 0.6) is 0 Å². The molecule has 0 fully saturated rings. The van der Waals surface area contributed by atoms with Crippen molar-refractivity contribution in [3.8, 4) is 0 Å². The Morgan fingerprint density at radius 2 is 1.54 bits per heavy atom. The van der Waals surface area contributed by atoms with Gasteiger partial charge in [0.25, 0.3) is 0 Å². The van der Waals surface area contributed by atoms with Crippen molar-refractivity contribution in [3.05, 3.63) is 65.7 Å². The minimum absolute atomic E-state index is 0.211. The van der Waals surface area contributed by atoms with E-state index in [4.69, 9.17) is 5.11 Å². The van der Waals surface area contributed by atoms with Gasteiger partial charge in [0.15, 0.2) is 0 Å². The fraction of sp³-hybridized carbons (Fsp3) is 0.409. The molecule has 0 aliphatic carbocycles. The van der Waals surface area contributed by atoms with Crippen molar-refractivity contribution in [3.63, 3.8) is 0 Å². The number of rotatable bonds is 12. The molecule has 152 valence electrons. The lowest BCUT2D eigenvalue weighted by atomic mass is 10.0. The number of hydrogen-bond acceptors (Lipinski definition) is 3. The third-order valence-corrected chi connectivity index (χ3v) is 6.40. The SMILES string of the molecule is Cc1ccccc1S(=O)(=O)NC(CCCCCCCC(=O)O)c1ccccc1.